The van der Waals surface area contributed by atoms with E-state index in [1.165, 1.54) is 12.8 Å². The third-order valence-electron chi connectivity index (χ3n) is 3.78. The summed E-state index contributed by atoms with van der Waals surface area (Å²) >= 11 is 0. The molecule has 1 aliphatic carbocycles. The van der Waals surface area contributed by atoms with E-state index in [9.17, 15) is 8.42 Å². The number of benzene rings is 1. The molecule has 1 aromatic rings. The molecular formula is C15H24N2O3S. The highest BCUT2D eigenvalue weighted by Gasteiger charge is 2.25. The fourth-order valence-corrected chi connectivity index (χ4v) is 3.28. The molecule has 5 nitrogen and oxygen atoms in total. The van der Waals surface area contributed by atoms with Crippen LogP contribution in [0.3, 0.4) is 0 Å². The van der Waals surface area contributed by atoms with Crippen molar-refractivity contribution in [1.29, 1.82) is 0 Å². The molecule has 0 unspecified atom stereocenters. The third kappa shape index (κ3) is 5.07. The van der Waals surface area contributed by atoms with Gasteiger partial charge in [-0.3, -0.25) is 0 Å². The molecule has 0 bridgehead atoms. The molecule has 21 heavy (non-hydrogen) atoms. The van der Waals surface area contributed by atoms with Crippen molar-refractivity contribution < 1.29 is 13.5 Å². The van der Waals surface area contributed by atoms with Crippen LogP contribution in [-0.2, 0) is 16.4 Å². The van der Waals surface area contributed by atoms with Crippen molar-refractivity contribution in [2.45, 2.75) is 36.6 Å². The maximum Gasteiger partial charge on any atom is 0.240 e. The molecule has 0 spiro atoms. The van der Waals surface area contributed by atoms with Crippen LogP contribution in [0.4, 0.5) is 0 Å². The normalized spacial score (nSPS) is 15.6. The summed E-state index contributed by atoms with van der Waals surface area (Å²) in [5.41, 5.74) is 1.04. The zero-order chi connectivity index (χ0) is 15.3. The summed E-state index contributed by atoms with van der Waals surface area (Å²) in [5, 5.41) is 8.79. The van der Waals surface area contributed by atoms with E-state index in [0.29, 0.717) is 23.9 Å². The SMILES string of the molecule is CN(CCNS(=O)(=O)c1ccc(CCCO)cc1)C1CC1. The summed E-state index contributed by atoms with van der Waals surface area (Å²) in [5.74, 6) is 0. The van der Waals surface area contributed by atoms with Crippen molar-refractivity contribution in [3.05, 3.63) is 29.8 Å². The summed E-state index contributed by atoms with van der Waals surface area (Å²) < 4.78 is 27.0. The van der Waals surface area contributed by atoms with Crippen LogP contribution >= 0.6 is 0 Å². The fourth-order valence-electron chi connectivity index (χ4n) is 2.26. The van der Waals surface area contributed by atoms with Gasteiger partial charge in [0.25, 0.3) is 0 Å². The summed E-state index contributed by atoms with van der Waals surface area (Å²) in [4.78, 5) is 2.49. The van der Waals surface area contributed by atoms with Gasteiger partial charge < -0.3 is 10.0 Å². The molecule has 0 amide bonds. The number of likely N-dealkylation sites (N-methyl/N-ethyl adjacent to an activating group) is 1. The van der Waals surface area contributed by atoms with Crippen LogP contribution in [0.25, 0.3) is 0 Å². The average molecular weight is 312 g/mol. The molecule has 0 aliphatic heterocycles. The molecule has 0 radical (unpaired) electrons. The first-order valence-electron chi connectivity index (χ1n) is 7.42. The number of aliphatic hydroxyl groups is 1. The van der Waals surface area contributed by atoms with Gasteiger partial charge in [0.1, 0.15) is 0 Å². The fraction of sp³-hybridized carbons (Fsp3) is 0.600. The summed E-state index contributed by atoms with van der Waals surface area (Å²) in [6.45, 7) is 1.32. The molecule has 0 saturated heterocycles. The van der Waals surface area contributed by atoms with Crippen LogP contribution in [0.5, 0.6) is 0 Å². The maximum absolute atomic E-state index is 12.2. The van der Waals surface area contributed by atoms with Crippen LogP contribution in [0, 0.1) is 0 Å². The van der Waals surface area contributed by atoms with Gasteiger partial charge in [0.05, 0.1) is 4.90 Å². The Morgan fingerprint density at radius 2 is 1.95 bits per heavy atom. The third-order valence-corrected chi connectivity index (χ3v) is 5.26. The monoisotopic (exact) mass is 312 g/mol. The highest BCUT2D eigenvalue weighted by molar-refractivity contribution is 7.89. The predicted molar refractivity (Wildman–Crippen MR) is 82.7 cm³/mol. The Morgan fingerprint density at radius 3 is 2.52 bits per heavy atom. The number of nitrogens with zero attached hydrogens (tertiary/aromatic N) is 1. The van der Waals surface area contributed by atoms with Gasteiger partial charge >= 0.3 is 0 Å². The largest absolute Gasteiger partial charge is 0.396 e. The number of hydrogen-bond acceptors (Lipinski definition) is 4. The smallest absolute Gasteiger partial charge is 0.240 e. The van der Waals surface area contributed by atoms with E-state index in [-0.39, 0.29) is 6.61 Å². The van der Waals surface area contributed by atoms with Crippen LogP contribution in [-0.4, -0.2) is 51.2 Å². The van der Waals surface area contributed by atoms with Crippen molar-refractivity contribution >= 4 is 10.0 Å². The Bertz CT molecular complexity index is 539. The molecule has 1 aliphatic rings. The number of aliphatic hydroxyl groups excluding tert-OH is 1. The molecule has 1 saturated carbocycles. The molecule has 0 heterocycles. The standard InChI is InChI=1S/C15H24N2O3S/c1-17(14-6-7-14)11-10-16-21(19,20)15-8-4-13(5-9-15)3-2-12-18/h4-5,8-9,14,16,18H,2-3,6-7,10-12H2,1H3. The molecule has 1 aromatic carbocycles. The minimum absolute atomic E-state index is 0.149. The van der Waals surface area contributed by atoms with Crippen LogP contribution in [0.1, 0.15) is 24.8 Å². The van der Waals surface area contributed by atoms with Gasteiger partial charge in [-0.25, -0.2) is 13.1 Å². The number of hydrogen-bond donors (Lipinski definition) is 2. The molecule has 0 aromatic heterocycles. The number of nitrogens with one attached hydrogen (secondary N) is 1. The van der Waals surface area contributed by atoms with Crippen LogP contribution in [0.15, 0.2) is 29.2 Å². The first-order chi connectivity index (χ1) is 10.0. The van der Waals surface area contributed by atoms with Gasteiger partial charge in [0, 0.05) is 25.7 Å². The minimum Gasteiger partial charge on any atom is -0.396 e. The first kappa shape index (κ1) is 16.4. The lowest BCUT2D eigenvalue weighted by Crippen LogP contribution is -2.33. The molecular weight excluding hydrogens is 288 g/mol. The molecule has 6 heteroatoms. The lowest BCUT2D eigenvalue weighted by molar-refractivity contribution is 0.288. The Hall–Kier alpha value is -0.950. The van der Waals surface area contributed by atoms with E-state index >= 15 is 0 Å². The van der Waals surface area contributed by atoms with E-state index in [4.69, 9.17) is 5.11 Å². The van der Waals surface area contributed by atoms with Gasteiger partial charge in [0.2, 0.25) is 10.0 Å². The van der Waals surface area contributed by atoms with Crippen molar-refractivity contribution in [2.75, 3.05) is 26.7 Å². The van der Waals surface area contributed by atoms with E-state index in [1.54, 1.807) is 24.3 Å². The van der Waals surface area contributed by atoms with Crippen molar-refractivity contribution in [2.24, 2.45) is 0 Å². The number of rotatable bonds is 9. The van der Waals surface area contributed by atoms with Gasteiger partial charge in [-0.2, -0.15) is 0 Å². The summed E-state index contributed by atoms with van der Waals surface area (Å²) in [6, 6.07) is 7.50. The molecule has 1 fully saturated rings. The predicted octanol–water partition coefficient (Wildman–Crippen LogP) is 0.984. The Morgan fingerprint density at radius 1 is 1.29 bits per heavy atom. The zero-order valence-electron chi connectivity index (χ0n) is 12.5. The molecule has 118 valence electrons. The lowest BCUT2D eigenvalue weighted by atomic mass is 10.1. The molecule has 0 atom stereocenters. The molecule has 2 rings (SSSR count). The highest BCUT2D eigenvalue weighted by atomic mass is 32.2. The minimum atomic E-state index is -3.42. The van der Waals surface area contributed by atoms with Gasteiger partial charge in [-0.15, -0.1) is 0 Å². The van der Waals surface area contributed by atoms with E-state index in [2.05, 4.69) is 9.62 Å². The Labute approximate surface area is 127 Å². The summed E-state index contributed by atoms with van der Waals surface area (Å²) in [7, 11) is -1.39. The molecule has 2 N–H and O–H groups in total. The number of sulfonamides is 1. The van der Waals surface area contributed by atoms with E-state index in [0.717, 1.165) is 18.5 Å². The highest BCUT2D eigenvalue weighted by Crippen LogP contribution is 2.24. The van der Waals surface area contributed by atoms with Crippen LogP contribution in [0.2, 0.25) is 0 Å². The first-order valence-corrected chi connectivity index (χ1v) is 8.91. The van der Waals surface area contributed by atoms with Crippen molar-refractivity contribution in [3.8, 4) is 0 Å². The van der Waals surface area contributed by atoms with Gasteiger partial charge in [-0.05, 0) is 50.4 Å². The van der Waals surface area contributed by atoms with Crippen molar-refractivity contribution in [3.63, 3.8) is 0 Å². The van der Waals surface area contributed by atoms with Crippen LogP contribution < -0.4 is 4.72 Å². The average Bonchev–Trinajstić information content (AvgIpc) is 3.30. The van der Waals surface area contributed by atoms with Crippen molar-refractivity contribution in [1.82, 2.24) is 9.62 Å². The quantitative estimate of drug-likeness (QED) is 0.713. The Kier molecular flexibility index (Phi) is 5.75. The topological polar surface area (TPSA) is 69.6 Å². The zero-order valence-corrected chi connectivity index (χ0v) is 13.3. The maximum atomic E-state index is 12.2. The summed E-state index contributed by atoms with van der Waals surface area (Å²) in [6.07, 6.45) is 3.89. The number of aryl methyl sites for hydroxylation is 1. The van der Waals surface area contributed by atoms with Gasteiger partial charge in [0.15, 0.2) is 0 Å². The van der Waals surface area contributed by atoms with Gasteiger partial charge in [-0.1, -0.05) is 12.1 Å². The lowest BCUT2D eigenvalue weighted by Gasteiger charge is -2.15. The second-order valence-corrected chi connectivity index (χ2v) is 7.35. The Balaban J connectivity index is 1.85. The second kappa shape index (κ2) is 7.35. The van der Waals surface area contributed by atoms with E-state index in [1.807, 2.05) is 7.05 Å². The second-order valence-electron chi connectivity index (χ2n) is 5.58. The van der Waals surface area contributed by atoms with E-state index < -0.39 is 10.0 Å².